The van der Waals surface area contributed by atoms with E-state index < -0.39 is 0 Å². The summed E-state index contributed by atoms with van der Waals surface area (Å²) in [6, 6.07) is 0. The fourth-order valence-electron chi connectivity index (χ4n) is 1.35. The van der Waals surface area contributed by atoms with Gasteiger partial charge in [0.2, 0.25) is 0 Å². The summed E-state index contributed by atoms with van der Waals surface area (Å²) in [6.07, 6.45) is 3.99. The van der Waals surface area contributed by atoms with Crippen LogP contribution in [0.4, 0.5) is 0 Å². The predicted octanol–water partition coefficient (Wildman–Crippen LogP) is 4.26. The second-order valence-corrected chi connectivity index (χ2v) is 5.85. The largest absolute Gasteiger partial charge is 0.376 e. The van der Waals surface area contributed by atoms with Crippen LogP contribution in [0.25, 0.3) is 0 Å². The number of hydrogen-bond donors (Lipinski definition) is 0. The smallest absolute Gasteiger partial charge is 0.0598 e. The lowest BCUT2D eigenvalue weighted by molar-refractivity contribution is -0.0209. The highest BCUT2D eigenvalue weighted by Gasteiger charge is 2.12. The molecule has 0 saturated heterocycles. The minimum absolute atomic E-state index is 0.0201. The molecule has 0 fully saturated rings. The molecule has 0 heterocycles. The molecule has 0 radical (unpaired) electrons. The van der Waals surface area contributed by atoms with Gasteiger partial charge in [0.25, 0.3) is 0 Å². The average molecular weight is 200 g/mol. The molecule has 14 heavy (non-hydrogen) atoms. The Morgan fingerprint density at radius 3 is 2.00 bits per heavy atom. The van der Waals surface area contributed by atoms with Gasteiger partial charge >= 0.3 is 0 Å². The van der Waals surface area contributed by atoms with Gasteiger partial charge in [-0.2, -0.15) is 0 Å². The molecule has 0 aliphatic rings. The van der Waals surface area contributed by atoms with Crippen molar-refractivity contribution < 1.29 is 4.74 Å². The lowest BCUT2D eigenvalue weighted by Gasteiger charge is -2.22. The van der Waals surface area contributed by atoms with Crippen molar-refractivity contribution in [3.05, 3.63) is 0 Å². The van der Waals surface area contributed by atoms with Gasteiger partial charge in [0, 0.05) is 6.61 Å². The minimum Gasteiger partial charge on any atom is -0.376 e. The molecule has 0 aromatic carbocycles. The maximum atomic E-state index is 5.75. The second kappa shape index (κ2) is 6.44. The Morgan fingerprint density at radius 1 is 1.00 bits per heavy atom. The topological polar surface area (TPSA) is 9.23 Å². The van der Waals surface area contributed by atoms with E-state index in [4.69, 9.17) is 4.74 Å². The quantitative estimate of drug-likeness (QED) is 0.622. The van der Waals surface area contributed by atoms with Gasteiger partial charge < -0.3 is 4.74 Å². The van der Waals surface area contributed by atoms with E-state index in [0.29, 0.717) is 5.92 Å². The summed E-state index contributed by atoms with van der Waals surface area (Å²) in [6.45, 7) is 14.1. The highest BCUT2D eigenvalue weighted by molar-refractivity contribution is 4.61. The molecule has 0 amide bonds. The zero-order chi connectivity index (χ0) is 11.2. The van der Waals surface area contributed by atoms with E-state index in [1.807, 2.05) is 0 Å². The Morgan fingerprint density at radius 2 is 1.57 bits per heavy atom. The van der Waals surface area contributed by atoms with Crippen LogP contribution >= 0.6 is 0 Å². The minimum atomic E-state index is 0.0201. The summed E-state index contributed by atoms with van der Waals surface area (Å²) in [4.78, 5) is 0. The third-order valence-corrected chi connectivity index (χ3v) is 2.28. The monoisotopic (exact) mass is 200 g/mol. The lowest BCUT2D eigenvalue weighted by Crippen LogP contribution is -2.22. The van der Waals surface area contributed by atoms with Gasteiger partial charge in [0.05, 0.1) is 5.60 Å². The maximum absolute atomic E-state index is 5.75. The molecular formula is C13H28O. The first-order valence-corrected chi connectivity index (χ1v) is 5.95. The number of ether oxygens (including phenoxy) is 1. The normalized spacial score (nSPS) is 14.8. The van der Waals surface area contributed by atoms with E-state index >= 15 is 0 Å². The van der Waals surface area contributed by atoms with Crippen LogP contribution in [0.1, 0.15) is 60.8 Å². The van der Waals surface area contributed by atoms with Crippen LogP contribution in [-0.2, 0) is 4.74 Å². The van der Waals surface area contributed by atoms with Crippen molar-refractivity contribution in [3.63, 3.8) is 0 Å². The highest BCUT2D eigenvalue weighted by atomic mass is 16.5. The standard InChI is InChI=1S/C13H28O/c1-11(2)8-7-9-12(3)10-14-13(4,5)6/h11-12H,7-10H2,1-6H3/t12-/m1/s1. The molecule has 1 heteroatoms. The summed E-state index contributed by atoms with van der Waals surface area (Å²) < 4.78 is 5.75. The van der Waals surface area contributed by atoms with Crippen molar-refractivity contribution in [2.45, 2.75) is 66.4 Å². The third-order valence-electron chi connectivity index (χ3n) is 2.28. The van der Waals surface area contributed by atoms with Crippen LogP contribution in [0.15, 0.2) is 0 Å². The molecule has 0 aromatic heterocycles. The molecule has 0 aromatic rings. The van der Waals surface area contributed by atoms with E-state index in [1.165, 1.54) is 19.3 Å². The molecule has 0 spiro atoms. The zero-order valence-electron chi connectivity index (χ0n) is 10.9. The van der Waals surface area contributed by atoms with E-state index in [-0.39, 0.29) is 5.60 Å². The Bertz CT molecular complexity index is 133. The molecule has 0 aliphatic heterocycles. The molecule has 0 saturated carbocycles. The molecule has 0 rings (SSSR count). The molecular weight excluding hydrogens is 172 g/mol. The van der Waals surface area contributed by atoms with Gasteiger partial charge in [0.1, 0.15) is 0 Å². The van der Waals surface area contributed by atoms with Crippen molar-refractivity contribution in [1.29, 1.82) is 0 Å². The van der Waals surface area contributed by atoms with Crippen molar-refractivity contribution in [2.75, 3.05) is 6.61 Å². The van der Waals surface area contributed by atoms with Gasteiger partial charge in [-0.15, -0.1) is 0 Å². The maximum Gasteiger partial charge on any atom is 0.0598 e. The fraction of sp³-hybridized carbons (Fsp3) is 1.00. The molecule has 86 valence electrons. The molecule has 0 N–H and O–H groups in total. The van der Waals surface area contributed by atoms with Crippen LogP contribution in [0.3, 0.4) is 0 Å². The first-order chi connectivity index (χ1) is 6.31. The van der Waals surface area contributed by atoms with Crippen molar-refractivity contribution in [1.82, 2.24) is 0 Å². The lowest BCUT2D eigenvalue weighted by atomic mass is 10.00. The summed E-state index contributed by atoms with van der Waals surface area (Å²) in [5, 5.41) is 0. The second-order valence-electron chi connectivity index (χ2n) is 5.85. The van der Waals surface area contributed by atoms with Crippen molar-refractivity contribution >= 4 is 0 Å². The van der Waals surface area contributed by atoms with Crippen molar-refractivity contribution in [3.8, 4) is 0 Å². The van der Waals surface area contributed by atoms with E-state index in [9.17, 15) is 0 Å². The van der Waals surface area contributed by atoms with Crippen LogP contribution in [0, 0.1) is 11.8 Å². The average Bonchev–Trinajstić information content (AvgIpc) is 1.99. The van der Waals surface area contributed by atoms with Gasteiger partial charge in [-0.1, -0.05) is 33.6 Å². The third kappa shape index (κ3) is 10.0. The Kier molecular flexibility index (Phi) is 6.43. The van der Waals surface area contributed by atoms with E-state index in [0.717, 1.165) is 12.5 Å². The first kappa shape index (κ1) is 14.0. The Hall–Kier alpha value is -0.0400. The van der Waals surface area contributed by atoms with Crippen LogP contribution in [-0.4, -0.2) is 12.2 Å². The molecule has 1 nitrogen and oxygen atoms in total. The van der Waals surface area contributed by atoms with E-state index in [1.54, 1.807) is 0 Å². The molecule has 0 bridgehead atoms. The fourth-order valence-corrected chi connectivity index (χ4v) is 1.35. The van der Waals surface area contributed by atoms with Crippen LogP contribution < -0.4 is 0 Å². The summed E-state index contributed by atoms with van der Waals surface area (Å²) in [5.41, 5.74) is 0.0201. The Labute approximate surface area is 90.2 Å². The Balaban J connectivity index is 3.42. The van der Waals surface area contributed by atoms with Crippen LogP contribution in [0.5, 0.6) is 0 Å². The van der Waals surface area contributed by atoms with Gasteiger partial charge in [-0.3, -0.25) is 0 Å². The zero-order valence-corrected chi connectivity index (χ0v) is 10.9. The van der Waals surface area contributed by atoms with Gasteiger partial charge in [-0.05, 0) is 39.0 Å². The summed E-state index contributed by atoms with van der Waals surface area (Å²) in [5.74, 6) is 1.54. The molecule has 1 atom stereocenters. The van der Waals surface area contributed by atoms with Gasteiger partial charge in [0.15, 0.2) is 0 Å². The summed E-state index contributed by atoms with van der Waals surface area (Å²) >= 11 is 0. The summed E-state index contributed by atoms with van der Waals surface area (Å²) in [7, 11) is 0. The highest BCUT2D eigenvalue weighted by Crippen LogP contribution is 2.15. The van der Waals surface area contributed by atoms with Crippen LogP contribution in [0.2, 0.25) is 0 Å². The number of hydrogen-bond acceptors (Lipinski definition) is 1. The van der Waals surface area contributed by atoms with Gasteiger partial charge in [-0.25, -0.2) is 0 Å². The SMILES string of the molecule is CC(C)CCC[C@@H](C)COC(C)(C)C. The predicted molar refractivity (Wildman–Crippen MR) is 63.6 cm³/mol. The number of rotatable bonds is 6. The van der Waals surface area contributed by atoms with E-state index in [2.05, 4.69) is 41.5 Å². The van der Waals surface area contributed by atoms with Crippen molar-refractivity contribution in [2.24, 2.45) is 11.8 Å². The molecule has 0 unspecified atom stereocenters. The first-order valence-electron chi connectivity index (χ1n) is 5.95. The molecule has 0 aliphatic carbocycles.